The summed E-state index contributed by atoms with van der Waals surface area (Å²) in [5.41, 5.74) is 1.68. The van der Waals surface area contributed by atoms with E-state index < -0.39 is 0 Å². The number of fused-ring (bicyclic) bond motifs is 1. The molecule has 0 bridgehead atoms. The van der Waals surface area contributed by atoms with Crippen LogP contribution in [0.5, 0.6) is 5.75 Å². The van der Waals surface area contributed by atoms with Gasteiger partial charge in [-0.25, -0.2) is 0 Å². The van der Waals surface area contributed by atoms with E-state index in [9.17, 15) is 4.79 Å². The van der Waals surface area contributed by atoms with E-state index in [2.05, 4.69) is 16.3 Å². The first-order chi connectivity index (χ1) is 11.3. The molecule has 1 N–H and O–H groups in total. The van der Waals surface area contributed by atoms with Crippen molar-refractivity contribution in [2.24, 2.45) is 5.41 Å². The summed E-state index contributed by atoms with van der Waals surface area (Å²) >= 11 is 0. The van der Waals surface area contributed by atoms with Crippen LogP contribution in [0.2, 0.25) is 0 Å². The van der Waals surface area contributed by atoms with Gasteiger partial charge < -0.3 is 15.0 Å². The molecule has 2 fully saturated rings. The number of amides is 1. The van der Waals surface area contributed by atoms with Crippen LogP contribution in [0.25, 0.3) is 0 Å². The van der Waals surface area contributed by atoms with Crippen molar-refractivity contribution in [1.29, 1.82) is 0 Å². The first-order valence-corrected chi connectivity index (χ1v) is 8.96. The van der Waals surface area contributed by atoms with Crippen LogP contribution in [0, 0.1) is 5.41 Å². The Bertz CT molecular complexity index is 576. The third kappa shape index (κ3) is 3.40. The Balaban J connectivity index is 0.00000169. The highest BCUT2D eigenvalue weighted by atomic mass is 35.5. The summed E-state index contributed by atoms with van der Waals surface area (Å²) in [5.74, 6) is 1.61. The molecule has 3 aliphatic heterocycles. The van der Waals surface area contributed by atoms with Crippen LogP contribution in [0.4, 0.5) is 0 Å². The maximum Gasteiger partial charge on any atom is 0.223 e. The van der Waals surface area contributed by atoms with Crippen LogP contribution in [-0.4, -0.2) is 43.6 Å². The van der Waals surface area contributed by atoms with E-state index in [4.69, 9.17) is 4.74 Å². The van der Waals surface area contributed by atoms with Crippen molar-refractivity contribution >= 4 is 18.3 Å². The van der Waals surface area contributed by atoms with Crippen LogP contribution in [0.3, 0.4) is 0 Å². The molecule has 0 aliphatic carbocycles. The van der Waals surface area contributed by atoms with Gasteiger partial charge in [-0.05, 0) is 55.2 Å². The Morgan fingerprint density at radius 3 is 2.79 bits per heavy atom. The predicted molar refractivity (Wildman–Crippen MR) is 96.9 cm³/mol. The Morgan fingerprint density at radius 2 is 2.04 bits per heavy atom. The van der Waals surface area contributed by atoms with Gasteiger partial charge in [0, 0.05) is 26.1 Å². The van der Waals surface area contributed by atoms with E-state index >= 15 is 0 Å². The number of hydrogen-bond acceptors (Lipinski definition) is 3. The highest BCUT2D eigenvalue weighted by Gasteiger charge is 2.38. The number of hydrogen-bond donors (Lipinski definition) is 1. The fraction of sp³-hybridized carbons (Fsp3) is 0.632. The molecule has 1 unspecified atom stereocenters. The number of carbonyl (C=O) groups excluding carboxylic acids is 1. The minimum absolute atomic E-state index is 0. The van der Waals surface area contributed by atoms with Crippen LogP contribution >= 0.6 is 12.4 Å². The zero-order chi connectivity index (χ0) is 15.7. The average molecular weight is 351 g/mol. The van der Waals surface area contributed by atoms with E-state index in [0.29, 0.717) is 23.7 Å². The maximum atomic E-state index is 12.7. The van der Waals surface area contributed by atoms with Crippen molar-refractivity contribution in [2.75, 3.05) is 32.8 Å². The zero-order valence-corrected chi connectivity index (χ0v) is 14.9. The number of ether oxygens (including phenoxy) is 1. The molecule has 1 aromatic carbocycles. The third-order valence-corrected chi connectivity index (χ3v) is 6.01. The average Bonchev–Trinajstić information content (AvgIpc) is 3.04. The van der Waals surface area contributed by atoms with Gasteiger partial charge in [0.25, 0.3) is 0 Å². The lowest BCUT2D eigenvalue weighted by molar-refractivity contribution is -0.133. The number of halogens is 1. The van der Waals surface area contributed by atoms with Gasteiger partial charge in [-0.1, -0.05) is 18.2 Å². The second-order valence-electron chi connectivity index (χ2n) is 7.38. The number of nitrogens with one attached hydrogen (secondary N) is 1. The molecule has 4 nitrogen and oxygen atoms in total. The molecule has 4 rings (SSSR count). The van der Waals surface area contributed by atoms with E-state index in [1.807, 2.05) is 18.2 Å². The second-order valence-corrected chi connectivity index (χ2v) is 7.38. The van der Waals surface area contributed by atoms with Gasteiger partial charge in [0.2, 0.25) is 5.91 Å². The molecule has 1 spiro atoms. The molecule has 5 heteroatoms. The fourth-order valence-electron chi connectivity index (χ4n) is 4.42. The zero-order valence-electron chi connectivity index (χ0n) is 14.1. The predicted octanol–water partition coefficient (Wildman–Crippen LogP) is 2.97. The van der Waals surface area contributed by atoms with Crippen molar-refractivity contribution in [3.8, 4) is 5.75 Å². The third-order valence-electron chi connectivity index (χ3n) is 6.01. The molecule has 2 saturated heterocycles. The molecule has 1 aromatic rings. The second kappa shape index (κ2) is 7.32. The monoisotopic (exact) mass is 350 g/mol. The van der Waals surface area contributed by atoms with Gasteiger partial charge in [-0.3, -0.25) is 4.79 Å². The lowest BCUT2D eigenvalue weighted by atomic mass is 9.77. The largest absolute Gasteiger partial charge is 0.493 e. The Hall–Kier alpha value is -1.26. The lowest BCUT2D eigenvalue weighted by Gasteiger charge is -2.39. The number of piperidine rings is 1. The van der Waals surface area contributed by atoms with Gasteiger partial charge in [0.15, 0.2) is 0 Å². The quantitative estimate of drug-likeness (QED) is 0.891. The summed E-state index contributed by atoms with van der Waals surface area (Å²) in [6.45, 7) is 4.88. The van der Waals surface area contributed by atoms with E-state index in [1.54, 1.807) is 0 Å². The topological polar surface area (TPSA) is 41.6 Å². The molecular weight excluding hydrogens is 324 g/mol. The van der Waals surface area contributed by atoms with Crippen LogP contribution in [0.15, 0.2) is 24.3 Å². The number of benzene rings is 1. The summed E-state index contributed by atoms with van der Waals surface area (Å²) in [7, 11) is 0. The van der Waals surface area contributed by atoms with Gasteiger partial charge >= 0.3 is 0 Å². The Morgan fingerprint density at radius 1 is 1.25 bits per heavy atom. The highest BCUT2D eigenvalue weighted by molar-refractivity contribution is 5.85. The minimum atomic E-state index is 0. The smallest absolute Gasteiger partial charge is 0.223 e. The number of carbonyl (C=O) groups is 1. The number of likely N-dealkylation sites (tertiary alicyclic amines) is 1. The van der Waals surface area contributed by atoms with E-state index in [1.165, 1.54) is 12.0 Å². The molecule has 0 aromatic heterocycles. The van der Waals surface area contributed by atoms with Gasteiger partial charge in [0.05, 0.1) is 6.61 Å². The van der Waals surface area contributed by atoms with Gasteiger partial charge in [-0.2, -0.15) is 0 Å². The van der Waals surface area contributed by atoms with Crippen molar-refractivity contribution < 1.29 is 9.53 Å². The summed E-state index contributed by atoms with van der Waals surface area (Å²) < 4.78 is 5.71. The van der Waals surface area contributed by atoms with Crippen molar-refractivity contribution in [2.45, 2.75) is 38.0 Å². The molecule has 3 heterocycles. The molecule has 1 atom stereocenters. The van der Waals surface area contributed by atoms with Crippen molar-refractivity contribution in [3.05, 3.63) is 29.8 Å². The fourth-order valence-corrected chi connectivity index (χ4v) is 4.42. The van der Waals surface area contributed by atoms with E-state index in [-0.39, 0.29) is 12.4 Å². The molecule has 1 amide bonds. The summed E-state index contributed by atoms with van der Waals surface area (Å²) in [5, 5.41) is 3.49. The number of rotatable bonds is 2. The normalized spacial score (nSPS) is 24.8. The maximum absolute atomic E-state index is 12.7. The van der Waals surface area contributed by atoms with E-state index in [0.717, 1.165) is 57.8 Å². The Kier molecular flexibility index (Phi) is 5.36. The molecule has 0 radical (unpaired) electrons. The molecular formula is C19H27ClN2O2. The molecule has 3 aliphatic rings. The standard InChI is InChI=1S/C19H26N2O2.ClH/c22-18(21-10-7-19(8-11-21)6-9-20-14-19)13-15-5-12-23-17-4-2-1-3-16(15)17;/h1-4,15,20H,5-14H2;1H. The molecule has 24 heavy (non-hydrogen) atoms. The van der Waals surface area contributed by atoms with Crippen LogP contribution < -0.4 is 10.1 Å². The SMILES string of the molecule is Cl.O=C(CC1CCOc2ccccc21)N1CCC2(CCNC2)CC1. The van der Waals surface area contributed by atoms with Gasteiger partial charge in [0.1, 0.15) is 5.75 Å². The van der Waals surface area contributed by atoms with Gasteiger partial charge in [-0.15, -0.1) is 12.4 Å². The number of nitrogens with zero attached hydrogens (tertiary/aromatic N) is 1. The van der Waals surface area contributed by atoms with Crippen molar-refractivity contribution in [3.63, 3.8) is 0 Å². The first-order valence-electron chi connectivity index (χ1n) is 8.96. The highest BCUT2D eigenvalue weighted by Crippen LogP contribution is 2.39. The molecule has 132 valence electrons. The summed E-state index contributed by atoms with van der Waals surface area (Å²) in [6.07, 6.45) is 5.19. The first kappa shape index (κ1) is 17.6. The summed E-state index contributed by atoms with van der Waals surface area (Å²) in [6, 6.07) is 8.18. The Labute approximate surface area is 150 Å². The van der Waals surface area contributed by atoms with Crippen LogP contribution in [-0.2, 0) is 4.79 Å². The summed E-state index contributed by atoms with van der Waals surface area (Å²) in [4.78, 5) is 14.8. The molecule has 0 saturated carbocycles. The lowest BCUT2D eigenvalue weighted by Crippen LogP contribution is -2.44. The van der Waals surface area contributed by atoms with Crippen LogP contribution in [0.1, 0.15) is 43.6 Å². The van der Waals surface area contributed by atoms with Crippen molar-refractivity contribution in [1.82, 2.24) is 10.2 Å². The minimum Gasteiger partial charge on any atom is -0.493 e. The number of para-hydroxylation sites is 1.